The standard InChI is InChI=1S/C16H18N4O2/c1-9-4-6-11(7-5-9)16(22)17-13-12-8-10(2)15(21)18-14(12)20(3)19-13/h4-7,10H,8H2,1-3H3,(H,18,21)(H,17,19,22). The average molecular weight is 298 g/mol. The van der Waals surface area contributed by atoms with Crippen molar-refractivity contribution in [1.82, 2.24) is 9.78 Å². The highest BCUT2D eigenvalue weighted by Gasteiger charge is 2.29. The van der Waals surface area contributed by atoms with E-state index in [1.165, 1.54) is 0 Å². The molecule has 1 aliphatic rings. The van der Waals surface area contributed by atoms with E-state index in [0.717, 1.165) is 11.1 Å². The van der Waals surface area contributed by atoms with Gasteiger partial charge < -0.3 is 10.6 Å². The van der Waals surface area contributed by atoms with Gasteiger partial charge in [-0.2, -0.15) is 5.10 Å². The molecule has 2 N–H and O–H groups in total. The fourth-order valence-electron chi connectivity index (χ4n) is 2.54. The second-order valence-corrected chi connectivity index (χ2v) is 5.71. The lowest BCUT2D eigenvalue weighted by molar-refractivity contribution is -0.119. The lowest BCUT2D eigenvalue weighted by atomic mass is 9.98. The first kappa shape index (κ1) is 14.3. The van der Waals surface area contributed by atoms with Gasteiger partial charge in [0.25, 0.3) is 5.91 Å². The van der Waals surface area contributed by atoms with Crippen molar-refractivity contribution >= 4 is 23.5 Å². The van der Waals surface area contributed by atoms with E-state index in [9.17, 15) is 9.59 Å². The number of carbonyl (C=O) groups is 2. The molecule has 1 unspecified atom stereocenters. The Labute approximate surface area is 128 Å². The summed E-state index contributed by atoms with van der Waals surface area (Å²) < 4.78 is 1.59. The van der Waals surface area contributed by atoms with Gasteiger partial charge in [0.15, 0.2) is 5.82 Å². The van der Waals surface area contributed by atoms with Gasteiger partial charge in [0.1, 0.15) is 5.82 Å². The number of aryl methyl sites for hydroxylation is 2. The van der Waals surface area contributed by atoms with E-state index in [4.69, 9.17) is 0 Å². The largest absolute Gasteiger partial charge is 0.310 e. The van der Waals surface area contributed by atoms with Crippen LogP contribution in [0.2, 0.25) is 0 Å². The van der Waals surface area contributed by atoms with Crippen LogP contribution in [0.5, 0.6) is 0 Å². The van der Waals surface area contributed by atoms with Crippen LogP contribution in [0.1, 0.15) is 28.4 Å². The number of benzene rings is 1. The zero-order chi connectivity index (χ0) is 15.9. The molecule has 0 saturated carbocycles. The molecule has 0 bridgehead atoms. The van der Waals surface area contributed by atoms with E-state index in [2.05, 4.69) is 15.7 Å². The molecule has 6 heteroatoms. The third-order valence-corrected chi connectivity index (χ3v) is 3.89. The molecule has 22 heavy (non-hydrogen) atoms. The van der Waals surface area contributed by atoms with Gasteiger partial charge in [0.05, 0.1) is 0 Å². The molecule has 0 spiro atoms. The molecule has 0 aliphatic carbocycles. The van der Waals surface area contributed by atoms with E-state index in [-0.39, 0.29) is 17.7 Å². The molecule has 1 aromatic heterocycles. The summed E-state index contributed by atoms with van der Waals surface area (Å²) >= 11 is 0. The first-order valence-corrected chi connectivity index (χ1v) is 7.20. The van der Waals surface area contributed by atoms with Crippen LogP contribution in [-0.2, 0) is 18.3 Å². The first-order valence-electron chi connectivity index (χ1n) is 7.20. The van der Waals surface area contributed by atoms with Gasteiger partial charge in [-0.1, -0.05) is 24.6 Å². The molecular weight excluding hydrogens is 280 g/mol. The SMILES string of the molecule is Cc1ccc(C(=O)Nc2nn(C)c3c2CC(C)C(=O)N3)cc1. The highest BCUT2D eigenvalue weighted by molar-refractivity contribution is 6.05. The van der Waals surface area contributed by atoms with E-state index in [0.29, 0.717) is 23.6 Å². The van der Waals surface area contributed by atoms with Gasteiger partial charge in [-0.25, -0.2) is 0 Å². The summed E-state index contributed by atoms with van der Waals surface area (Å²) in [5, 5.41) is 9.98. The molecule has 2 aromatic rings. The van der Waals surface area contributed by atoms with Crippen LogP contribution in [-0.4, -0.2) is 21.6 Å². The van der Waals surface area contributed by atoms with Crippen molar-refractivity contribution in [3.05, 3.63) is 41.0 Å². The smallest absolute Gasteiger partial charge is 0.256 e. The Morgan fingerprint density at radius 3 is 2.73 bits per heavy atom. The van der Waals surface area contributed by atoms with Gasteiger partial charge in [-0.05, 0) is 25.5 Å². The van der Waals surface area contributed by atoms with Crippen LogP contribution in [0.15, 0.2) is 24.3 Å². The molecule has 1 aromatic carbocycles. The molecular formula is C16H18N4O2. The molecule has 2 amide bonds. The number of nitrogens with zero attached hydrogens (tertiary/aromatic N) is 2. The lowest BCUT2D eigenvalue weighted by Crippen LogP contribution is -2.28. The van der Waals surface area contributed by atoms with Crippen LogP contribution < -0.4 is 10.6 Å². The minimum atomic E-state index is -0.203. The number of nitrogens with one attached hydrogen (secondary N) is 2. The Hall–Kier alpha value is -2.63. The van der Waals surface area contributed by atoms with Gasteiger partial charge in [-0.3, -0.25) is 14.3 Å². The summed E-state index contributed by atoms with van der Waals surface area (Å²) in [5.41, 5.74) is 2.55. The number of anilines is 2. The number of amides is 2. The first-order chi connectivity index (χ1) is 10.5. The summed E-state index contributed by atoms with van der Waals surface area (Å²) in [5.74, 6) is 0.807. The zero-order valence-electron chi connectivity index (χ0n) is 12.8. The quantitative estimate of drug-likeness (QED) is 0.891. The summed E-state index contributed by atoms with van der Waals surface area (Å²) in [6.07, 6.45) is 0.568. The number of hydrogen-bond acceptors (Lipinski definition) is 3. The third kappa shape index (κ3) is 2.47. The highest BCUT2D eigenvalue weighted by atomic mass is 16.2. The Morgan fingerprint density at radius 2 is 2.05 bits per heavy atom. The van der Waals surface area contributed by atoms with Crippen LogP contribution in [0, 0.1) is 12.8 Å². The van der Waals surface area contributed by atoms with Gasteiger partial charge in [0, 0.05) is 24.1 Å². The second-order valence-electron chi connectivity index (χ2n) is 5.71. The molecule has 1 aliphatic heterocycles. The van der Waals surface area contributed by atoms with Gasteiger partial charge in [-0.15, -0.1) is 0 Å². The molecule has 114 valence electrons. The summed E-state index contributed by atoms with van der Waals surface area (Å²) in [7, 11) is 1.75. The highest BCUT2D eigenvalue weighted by Crippen LogP contribution is 2.31. The fraction of sp³-hybridized carbons (Fsp3) is 0.312. The normalized spacial score (nSPS) is 16.9. The molecule has 1 atom stereocenters. The molecule has 0 saturated heterocycles. The predicted molar refractivity (Wildman–Crippen MR) is 83.8 cm³/mol. The topological polar surface area (TPSA) is 76.0 Å². The molecule has 3 rings (SSSR count). The third-order valence-electron chi connectivity index (χ3n) is 3.89. The maximum Gasteiger partial charge on any atom is 0.256 e. The van der Waals surface area contributed by atoms with E-state index in [1.54, 1.807) is 23.9 Å². The fourth-order valence-corrected chi connectivity index (χ4v) is 2.54. The number of fused-ring (bicyclic) bond motifs is 1. The summed E-state index contributed by atoms with van der Waals surface area (Å²) in [6, 6.07) is 7.35. The van der Waals surface area contributed by atoms with Gasteiger partial charge in [0.2, 0.25) is 5.91 Å². The Balaban J connectivity index is 1.87. The van der Waals surface area contributed by atoms with Crippen LogP contribution in [0.25, 0.3) is 0 Å². The van der Waals surface area contributed by atoms with Crippen LogP contribution in [0.4, 0.5) is 11.6 Å². The lowest BCUT2D eigenvalue weighted by Gasteiger charge is -2.19. The van der Waals surface area contributed by atoms with E-state index < -0.39 is 0 Å². The van der Waals surface area contributed by atoms with Gasteiger partial charge >= 0.3 is 0 Å². The minimum Gasteiger partial charge on any atom is -0.310 e. The summed E-state index contributed by atoms with van der Waals surface area (Å²) in [6.45, 7) is 3.83. The maximum atomic E-state index is 12.3. The molecule has 0 fully saturated rings. The minimum absolute atomic E-state index is 0.0214. The monoisotopic (exact) mass is 298 g/mol. The molecule has 6 nitrogen and oxygen atoms in total. The molecule has 0 radical (unpaired) electrons. The van der Waals surface area contributed by atoms with E-state index >= 15 is 0 Å². The molecule has 2 heterocycles. The van der Waals surface area contributed by atoms with Crippen molar-refractivity contribution < 1.29 is 9.59 Å². The zero-order valence-corrected chi connectivity index (χ0v) is 12.8. The maximum absolute atomic E-state index is 12.3. The number of carbonyl (C=O) groups excluding carboxylic acids is 2. The second kappa shape index (κ2) is 5.29. The summed E-state index contributed by atoms with van der Waals surface area (Å²) in [4.78, 5) is 24.1. The van der Waals surface area contributed by atoms with Crippen molar-refractivity contribution in [2.24, 2.45) is 13.0 Å². The van der Waals surface area contributed by atoms with Crippen molar-refractivity contribution in [2.75, 3.05) is 10.6 Å². The van der Waals surface area contributed by atoms with Crippen molar-refractivity contribution in [3.8, 4) is 0 Å². The Kier molecular flexibility index (Phi) is 3.44. The van der Waals surface area contributed by atoms with Crippen molar-refractivity contribution in [3.63, 3.8) is 0 Å². The Bertz CT molecular complexity index is 746. The Morgan fingerprint density at radius 1 is 1.36 bits per heavy atom. The average Bonchev–Trinajstić information content (AvgIpc) is 2.76. The predicted octanol–water partition coefficient (Wildman–Crippen LogP) is 2.11. The number of rotatable bonds is 2. The number of hydrogen-bond donors (Lipinski definition) is 2. The van der Waals surface area contributed by atoms with Crippen LogP contribution >= 0.6 is 0 Å². The van der Waals surface area contributed by atoms with Crippen molar-refractivity contribution in [2.45, 2.75) is 20.3 Å². The van der Waals surface area contributed by atoms with Crippen LogP contribution in [0.3, 0.4) is 0 Å². The van der Waals surface area contributed by atoms with Crippen molar-refractivity contribution in [1.29, 1.82) is 0 Å². The van der Waals surface area contributed by atoms with E-state index in [1.807, 2.05) is 26.0 Å². The number of aromatic nitrogens is 2.